The Bertz CT molecular complexity index is 1170. The number of likely N-dealkylation sites (N-methyl/N-ethyl adjacent to an activating group) is 1. The van der Waals surface area contributed by atoms with Crippen LogP contribution >= 0.6 is 0 Å². The number of nitrogens with one attached hydrogen (secondary N) is 2. The molecule has 1 saturated heterocycles. The number of nitrogens with zero attached hydrogens (tertiary/aromatic N) is 3. The van der Waals surface area contributed by atoms with Crippen molar-refractivity contribution in [3.8, 4) is 0 Å². The number of piperazine rings is 1. The summed E-state index contributed by atoms with van der Waals surface area (Å²) in [6, 6.07) is 13.7. The van der Waals surface area contributed by atoms with Crippen LogP contribution in [0.4, 0.5) is 15.9 Å². The SMILES string of the molecule is Cc1cc(N2CCN(C)CC2)nc2ccc(NC(=O)CCC(=O)NCc3ccc(F)cc3)cc12. The van der Waals surface area contributed by atoms with Gasteiger partial charge in [0.1, 0.15) is 11.6 Å². The molecule has 2 heterocycles. The van der Waals surface area contributed by atoms with Gasteiger partial charge in [-0.2, -0.15) is 0 Å². The van der Waals surface area contributed by atoms with Crippen molar-refractivity contribution in [3.63, 3.8) is 0 Å². The average molecular weight is 464 g/mol. The molecule has 0 aliphatic carbocycles. The van der Waals surface area contributed by atoms with E-state index in [1.165, 1.54) is 12.1 Å². The highest BCUT2D eigenvalue weighted by molar-refractivity contribution is 5.96. The van der Waals surface area contributed by atoms with Gasteiger partial charge in [0.05, 0.1) is 5.52 Å². The Hall–Kier alpha value is -3.52. The van der Waals surface area contributed by atoms with Crippen LogP contribution in [-0.4, -0.2) is 54.9 Å². The van der Waals surface area contributed by atoms with Crippen LogP contribution in [0.15, 0.2) is 48.5 Å². The highest BCUT2D eigenvalue weighted by Crippen LogP contribution is 2.26. The summed E-state index contributed by atoms with van der Waals surface area (Å²) in [6.07, 6.45) is 0.155. The van der Waals surface area contributed by atoms with E-state index in [-0.39, 0.29) is 30.5 Å². The van der Waals surface area contributed by atoms with Crippen LogP contribution < -0.4 is 15.5 Å². The van der Waals surface area contributed by atoms with Crippen LogP contribution in [0, 0.1) is 12.7 Å². The summed E-state index contributed by atoms with van der Waals surface area (Å²) in [7, 11) is 2.13. The van der Waals surface area contributed by atoms with E-state index < -0.39 is 0 Å². The number of rotatable bonds is 7. The molecule has 1 aliphatic rings. The monoisotopic (exact) mass is 463 g/mol. The van der Waals surface area contributed by atoms with Gasteiger partial charge in [0, 0.05) is 56.6 Å². The first-order valence-corrected chi connectivity index (χ1v) is 11.5. The molecule has 0 bridgehead atoms. The zero-order valence-corrected chi connectivity index (χ0v) is 19.6. The van der Waals surface area contributed by atoms with Gasteiger partial charge < -0.3 is 20.4 Å². The fraction of sp³-hybridized carbons (Fsp3) is 0.346. The average Bonchev–Trinajstić information content (AvgIpc) is 2.83. The Morgan fingerprint density at radius 3 is 2.41 bits per heavy atom. The van der Waals surface area contributed by atoms with Crippen molar-refractivity contribution in [2.24, 2.45) is 0 Å². The van der Waals surface area contributed by atoms with Crippen molar-refractivity contribution in [3.05, 3.63) is 65.5 Å². The lowest BCUT2D eigenvalue weighted by molar-refractivity contribution is -0.124. The quantitative estimate of drug-likeness (QED) is 0.561. The number of pyridine rings is 1. The first-order valence-electron chi connectivity index (χ1n) is 11.5. The summed E-state index contributed by atoms with van der Waals surface area (Å²) < 4.78 is 13.0. The smallest absolute Gasteiger partial charge is 0.224 e. The summed E-state index contributed by atoms with van der Waals surface area (Å²) in [5.74, 6) is 0.217. The predicted octanol–water partition coefficient (Wildman–Crippen LogP) is 3.47. The third kappa shape index (κ3) is 6.08. The molecule has 4 rings (SSSR count). The number of carbonyl (C=O) groups excluding carboxylic acids is 2. The number of hydrogen-bond donors (Lipinski definition) is 2. The number of aromatic nitrogens is 1. The van der Waals surface area contributed by atoms with Gasteiger partial charge in [0.25, 0.3) is 0 Å². The Balaban J connectivity index is 1.31. The number of halogens is 1. The minimum atomic E-state index is -0.318. The Labute approximate surface area is 199 Å². The maximum atomic E-state index is 13.0. The highest BCUT2D eigenvalue weighted by Gasteiger charge is 2.17. The largest absolute Gasteiger partial charge is 0.354 e. The number of amides is 2. The van der Waals surface area contributed by atoms with Crippen molar-refractivity contribution < 1.29 is 14.0 Å². The second-order valence-electron chi connectivity index (χ2n) is 8.77. The lowest BCUT2D eigenvalue weighted by Crippen LogP contribution is -2.44. The summed E-state index contributed by atoms with van der Waals surface area (Å²) in [6.45, 7) is 6.32. The zero-order valence-electron chi connectivity index (χ0n) is 19.6. The van der Waals surface area contributed by atoms with Crippen molar-refractivity contribution in [1.29, 1.82) is 0 Å². The topological polar surface area (TPSA) is 77.6 Å². The Morgan fingerprint density at radius 1 is 0.971 bits per heavy atom. The minimum absolute atomic E-state index is 0.0763. The molecule has 1 aliphatic heterocycles. The highest BCUT2D eigenvalue weighted by atomic mass is 19.1. The Morgan fingerprint density at radius 2 is 1.68 bits per heavy atom. The standard InChI is InChI=1S/C26H30FN5O2/c1-18-15-24(32-13-11-31(2)12-14-32)30-23-8-7-21(16-22(18)23)29-26(34)10-9-25(33)28-17-19-3-5-20(27)6-4-19/h3-8,15-16H,9-14,17H2,1-2H3,(H,28,33)(H,29,34). The fourth-order valence-corrected chi connectivity index (χ4v) is 3.99. The molecule has 0 radical (unpaired) electrons. The lowest BCUT2D eigenvalue weighted by Gasteiger charge is -2.33. The number of carbonyl (C=O) groups is 2. The van der Waals surface area contributed by atoms with E-state index in [0.717, 1.165) is 54.0 Å². The number of fused-ring (bicyclic) bond motifs is 1. The Kier molecular flexibility index (Phi) is 7.37. The van der Waals surface area contributed by atoms with Crippen LogP contribution in [0.1, 0.15) is 24.0 Å². The molecule has 7 nitrogen and oxygen atoms in total. The first-order chi connectivity index (χ1) is 16.4. The molecule has 0 spiro atoms. The van der Waals surface area contributed by atoms with Gasteiger partial charge in [-0.15, -0.1) is 0 Å². The second kappa shape index (κ2) is 10.6. The molecule has 1 fully saturated rings. The minimum Gasteiger partial charge on any atom is -0.354 e. The molecule has 0 unspecified atom stereocenters. The van der Waals surface area contributed by atoms with Crippen molar-refractivity contribution in [2.75, 3.05) is 43.4 Å². The first kappa shape index (κ1) is 23.6. The van der Waals surface area contributed by atoms with Crippen molar-refractivity contribution in [1.82, 2.24) is 15.2 Å². The number of anilines is 2. The molecule has 34 heavy (non-hydrogen) atoms. The lowest BCUT2D eigenvalue weighted by atomic mass is 10.1. The van der Waals surface area contributed by atoms with E-state index in [9.17, 15) is 14.0 Å². The van der Waals surface area contributed by atoms with Crippen molar-refractivity contribution >= 4 is 34.2 Å². The van der Waals surface area contributed by atoms with Gasteiger partial charge in [-0.3, -0.25) is 9.59 Å². The van der Waals surface area contributed by atoms with Gasteiger partial charge in [0.2, 0.25) is 11.8 Å². The third-order valence-electron chi connectivity index (χ3n) is 6.10. The van der Waals surface area contributed by atoms with Crippen LogP contribution in [-0.2, 0) is 16.1 Å². The van der Waals surface area contributed by atoms with Crippen LogP contribution in [0.2, 0.25) is 0 Å². The molecule has 0 atom stereocenters. The van der Waals surface area contributed by atoms with Gasteiger partial charge in [-0.25, -0.2) is 9.37 Å². The summed E-state index contributed by atoms with van der Waals surface area (Å²) in [5, 5.41) is 6.62. The predicted molar refractivity (Wildman–Crippen MR) is 132 cm³/mol. The number of benzene rings is 2. The van der Waals surface area contributed by atoms with E-state index in [0.29, 0.717) is 12.2 Å². The van der Waals surface area contributed by atoms with E-state index in [1.54, 1.807) is 12.1 Å². The summed E-state index contributed by atoms with van der Waals surface area (Å²) >= 11 is 0. The maximum absolute atomic E-state index is 13.0. The van der Waals surface area contributed by atoms with Crippen molar-refractivity contribution in [2.45, 2.75) is 26.3 Å². The van der Waals surface area contributed by atoms with Gasteiger partial charge >= 0.3 is 0 Å². The zero-order chi connectivity index (χ0) is 24.1. The van der Waals surface area contributed by atoms with Crippen LogP contribution in [0.3, 0.4) is 0 Å². The van der Waals surface area contributed by atoms with E-state index >= 15 is 0 Å². The molecular formula is C26H30FN5O2. The van der Waals surface area contributed by atoms with E-state index in [1.807, 2.05) is 18.2 Å². The normalized spacial score (nSPS) is 14.3. The number of hydrogen-bond acceptors (Lipinski definition) is 5. The molecular weight excluding hydrogens is 433 g/mol. The molecule has 8 heteroatoms. The van der Waals surface area contributed by atoms with Crippen LogP contribution in [0.25, 0.3) is 10.9 Å². The molecule has 178 valence electrons. The third-order valence-corrected chi connectivity index (χ3v) is 6.10. The molecule has 2 N–H and O–H groups in total. The van der Waals surface area contributed by atoms with E-state index in [2.05, 4.69) is 40.5 Å². The summed E-state index contributed by atoms with van der Waals surface area (Å²) in [5.41, 5.74) is 3.49. The second-order valence-corrected chi connectivity index (χ2v) is 8.77. The van der Waals surface area contributed by atoms with E-state index in [4.69, 9.17) is 4.98 Å². The molecule has 2 amide bonds. The molecule has 0 saturated carbocycles. The summed E-state index contributed by atoms with van der Waals surface area (Å²) in [4.78, 5) is 33.9. The fourth-order valence-electron chi connectivity index (χ4n) is 3.99. The van der Waals surface area contributed by atoms with Gasteiger partial charge in [-0.1, -0.05) is 12.1 Å². The number of aryl methyl sites for hydroxylation is 1. The molecule has 2 aromatic carbocycles. The molecule has 1 aromatic heterocycles. The maximum Gasteiger partial charge on any atom is 0.224 e. The van der Waals surface area contributed by atoms with Gasteiger partial charge in [-0.05, 0) is 61.5 Å². The van der Waals surface area contributed by atoms with Crippen LogP contribution in [0.5, 0.6) is 0 Å². The van der Waals surface area contributed by atoms with Gasteiger partial charge in [0.15, 0.2) is 0 Å². The molecule has 3 aromatic rings.